The zero-order valence-corrected chi connectivity index (χ0v) is 32.3. The van der Waals surface area contributed by atoms with Gasteiger partial charge in [0.1, 0.15) is 0 Å². The van der Waals surface area contributed by atoms with Gasteiger partial charge in [0.15, 0.2) is 0 Å². The smallest absolute Gasteiger partial charge is 0.0544 e. The Labute approximate surface area is 328 Å². The standard InChI is InChI=1S/C54H42N2/c1-53(2)45-17-9-5-13-37(45)41-29-43-39-15-7-11-19-49(39)55(51(43)31-47(41)53)35-25-21-33(22-26-35)34-23-27-36(28-24-34)56-50-20-12-8-16-40(50)44-30-42-38-14-6-10-18-46(38)54(3,4)48(42)32-52(44)56/h5-7,9-15,17-32H,8,16H2,1-4H3. The number of aryl methyl sites for hydroxylation is 1. The van der Waals surface area contributed by atoms with Gasteiger partial charge in [-0.15, -0.1) is 0 Å². The van der Waals surface area contributed by atoms with Crippen LogP contribution in [-0.4, -0.2) is 9.13 Å². The molecule has 3 aliphatic rings. The van der Waals surface area contributed by atoms with E-state index in [2.05, 4.69) is 195 Å². The molecule has 2 heteroatoms. The van der Waals surface area contributed by atoms with Crippen molar-refractivity contribution < 1.29 is 0 Å². The largest absolute Gasteiger partial charge is 0.310 e. The van der Waals surface area contributed by atoms with Crippen LogP contribution in [0.3, 0.4) is 0 Å². The van der Waals surface area contributed by atoms with Crippen molar-refractivity contribution in [2.24, 2.45) is 0 Å². The molecule has 0 fully saturated rings. The molecule has 3 aliphatic carbocycles. The Morgan fingerprint density at radius 1 is 0.429 bits per heavy atom. The van der Waals surface area contributed by atoms with Crippen LogP contribution in [0.15, 0.2) is 152 Å². The van der Waals surface area contributed by atoms with Crippen LogP contribution in [0.1, 0.15) is 67.6 Å². The molecule has 0 bridgehead atoms. The SMILES string of the molecule is CC1(C)c2ccccc2-c2cc3c4c(n(-c5ccc(-c6ccc(-n7c8ccccc8c8cc9c(cc87)C(C)(C)c7ccccc7-9)cc6)cc5)c3cc21)C=CCC4. The van der Waals surface area contributed by atoms with Gasteiger partial charge in [-0.2, -0.15) is 0 Å². The van der Waals surface area contributed by atoms with Crippen LogP contribution < -0.4 is 0 Å². The summed E-state index contributed by atoms with van der Waals surface area (Å²) in [6, 6.07) is 55.1. The quantitative estimate of drug-likeness (QED) is 0.172. The van der Waals surface area contributed by atoms with E-state index in [0.717, 1.165) is 12.8 Å². The summed E-state index contributed by atoms with van der Waals surface area (Å²) in [4.78, 5) is 0. The first-order valence-electron chi connectivity index (χ1n) is 20.2. The molecule has 0 unspecified atom stereocenters. The second kappa shape index (κ2) is 11.1. The van der Waals surface area contributed by atoms with Crippen molar-refractivity contribution in [3.05, 3.63) is 185 Å². The molecular weight excluding hydrogens is 677 g/mol. The van der Waals surface area contributed by atoms with Crippen molar-refractivity contribution in [1.29, 1.82) is 0 Å². The fourth-order valence-electron chi connectivity index (χ4n) is 10.8. The molecule has 0 aliphatic heterocycles. The van der Waals surface area contributed by atoms with Crippen LogP contribution in [0.2, 0.25) is 0 Å². The maximum atomic E-state index is 2.51. The van der Waals surface area contributed by atoms with Gasteiger partial charge in [0.25, 0.3) is 0 Å². The molecule has 0 spiro atoms. The Balaban J connectivity index is 0.941. The van der Waals surface area contributed by atoms with Crippen molar-refractivity contribution in [2.45, 2.75) is 51.4 Å². The number of para-hydroxylation sites is 1. The van der Waals surface area contributed by atoms with Gasteiger partial charge in [-0.25, -0.2) is 0 Å². The summed E-state index contributed by atoms with van der Waals surface area (Å²) < 4.78 is 4.96. The van der Waals surface area contributed by atoms with Crippen LogP contribution in [0.25, 0.3) is 83.5 Å². The van der Waals surface area contributed by atoms with Gasteiger partial charge in [0.05, 0.1) is 16.6 Å². The van der Waals surface area contributed by atoms with Crippen LogP contribution in [0.4, 0.5) is 0 Å². The van der Waals surface area contributed by atoms with E-state index in [1.165, 1.54) is 111 Å². The number of rotatable bonds is 3. The minimum atomic E-state index is -0.0532. The monoisotopic (exact) mass is 718 g/mol. The lowest BCUT2D eigenvalue weighted by molar-refractivity contribution is 0.661. The predicted molar refractivity (Wildman–Crippen MR) is 236 cm³/mol. The van der Waals surface area contributed by atoms with Crippen LogP contribution in [-0.2, 0) is 17.3 Å². The maximum Gasteiger partial charge on any atom is 0.0544 e. The third-order valence-electron chi connectivity index (χ3n) is 13.6. The van der Waals surface area contributed by atoms with Gasteiger partial charge in [0.2, 0.25) is 0 Å². The Bertz CT molecular complexity index is 3160. The first-order chi connectivity index (χ1) is 27.3. The Kier molecular flexibility index (Phi) is 6.33. The van der Waals surface area contributed by atoms with Crippen molar-refractivity contribution in [1.82, 2.24) is 9.13 Å². The van der Waals surface area contributed by atoms with E-state index in [9.17, 15) is 0 Å². The number of fused-ring (bicyclic) bond motifs is 12. The van der Waals surface area contributed by atoms with Gasteiger partial charge in [0, 0.05) is 44.1 Å². The van der Waals surface area contributed by atoms with E-state index in [-0.39, 0.29) is 10.8 Å². The molecule has 0 radical (unpaired) electrons. The maximum absolute atomic E-state index is 2.51. The molecule has 0 atom stereocenters. The highest BCUT2D eigenvalue weighted by atomic mass is 15.0. The van der Waals surface area contributed by atoms with E-state index in [1.54, 1.807) is 0 Å². The minimum absolute atomic E-state index is 0.0384. The molecule has 2 nitrogen and oxygen atoms in total. The molecular formula is C54H42N2. The van der Waals surface area contributed by atoms with Crippen LogP contribution in [0, 0.1) is 0 Å². The van der Waals surface area contributed by atoms with E-state index < -0.39 is 0 Å². The number of hydrogen-bond donors (Lipinski definition) is 0. The average molecular weight is 719 g/mol. The van der Waals surface area contributed by atoms with Gasteiger partial charge < -0.3 is 9.13 Å². The second-order valence-corrected chi connectivity index (χ2v) is 17.3. The molecule has 0 amide bonds. The van der Waals surface area contributed by atoms with Crippen molar-refractivity contribution in [3.8, 4) is 44.8 Å². The Hall–Kier alpha value is -6.38. The molecule has 268 valence electrons. The number of allylic oxidation sites excluding steroid dienone is 1. The summed E-state index contributed by atoms with van der Waals surface area (Å²) in [5.41, 5.74) is 22.5. The summed E-state index contributed by atoms with van der Waals surface area (Å²) in [7, 11) is 0. The lowest BCUT2D eigenvalue weighted by Gasteiger charge is -2.21. The summed E-state index contributed by atoms with van der Waals surface area (Å²) in [5, 5.41) is 3.98. The molecule has 2 heterocycles. The first-order valence-corrected chi connectivity index (χ1v) is 20.2. The average Bonchev–Trinajstić information content (AvgIpc) is 3.88. The molecule has 0 saturated heterocycles. The number of aromatic nitrogens is 2. The molecule has 0 saturated carbocycles. The van der Waals surface area contributed by atoms with Crippen LogP contribution >= 0.6 is 0 Å². The van der Waals surface area contributed by atoms with Crippen molar-refractivity contribution in [3.63, 3.8) is 0 Å². The van der Waals surface area contributed by atoms with Crippen molar-refractivity contribution in [2.75, 3.05) is 0 Å². The number of nitrogens with zero attached hydrogens (tertiary/aromatic N) is 2. The van der Waals surface area contributed by atoms with Gasteiger partial charge in [-0.3, -0.25) is 0 Å². The predicted octanol–water partition coefficient (Wildman–Crippen LogP) is 14.0. The zero-order chi connectivity index (χ0) is 37.5. The third-order valence-corrected chi connectivity index (χ3v) is 13.6. The lowest BCUT2D eigenvalue weighted by Crippen LogP contribution is -2.15. The highest BCUT2D eigenvalue weighted by Crippen LogP contribution is 2.52. The molecule has 12 rings (SSSR count). The zero-order valence-electron chi connectivity index (χ0n) is 32.3. The third kappa shape index (κ3) is 4.17. The van der Waals surface area contributed by atoms with E-state index in [1.807, 2.05) is 0 Å². The summed E-state index contributed by atoms with van der Waals surface area (Å²) >= 11 is 0. The second-order valence-electron chi connectivity index (χ2n) is 17.3. The summed E-state index contributed by atoms with van der Waals surface area (Å²) in [6.45, 7) is 9.49. The van der Waals surface area contributed by atoms with E-state index >= 15 is 0 Å². The highest BCUT2D eigenvalue weighted by Gasteiger charge is 2.37. The molecule has 2 aromatic heterocycles. The molecule has 0 N–H and O–H groups in total. The number of benzene rings is 7. The van der Waals surface area contributed by atoms with Gasteiger partial charge in [-0.1, -0.05) is 125 Å². The van der Waals surface area contributed by atoms with E-state index in [4.69, 9.17) is 0 Å². The topological polar surface area (TPSA) is 9.86 Å². The van der Waals surface area contributed by atoms with Crippen LogP contribution in [0.5, 0.6) is 0 Å². The molecule has 9 aromatic rings. The Morgan fingerprint density at radius 2 is 0.946 bits per heavy atom. The highest BCUT2D eigenvalue weighted by molar-refractivity contribution is 6.11. The Morgan fingerprint density at radius 3 is 1.57 bits per heavy atom. The fourth-order valence-corrected chi connectivity index (χ4v) is 10.8. The van der Waals surface area contributed by atoms with Crippen molar-refractivity contribution >= 4 is 38.8 Å². The fraction of sp³-hybridized carbons (Fsp3) is 0.148. The summed E-state index contributed by atoms with van der Waals surface area (Å²) in [6.07, 6.45) is 6.84. The molecule has 56 heavy (non-hydrogen) atoms. The first kappa shape index (κ1) is 31.9. The minimum Gasteiger partial charge on any atom is -0.310 e. The van der Waals surface area contributed by atoms with Gasteiger partial charge in [-0.05, 0) is 135 Å². The normalized spacial score (nSPS) is 15.6. The lowest BCUT2D eigenvalue weighted by atomic mass is 9.82. The van der Waals surface area contributed by atoms with Gasteiger partial charge >= 0.3 is 0 Å². The van der Waals surface area contributed by atoms with E-state index in [0.29, 0.717) is 0 Å². The molecule has 7 aromatic carbocycles. The number of hydrogen-bond acceptors (Lipinski definition) is 0. The summed E-state index contributed by atoms with van der Waals surface area (Å²) in [5.74, 6) is 0.